The van der Waals surface area contributed by atoms with Gasteiger partial charge in [0.15, 0.2) is 5.78 Å². The predicted octanol–water partition coefficient (Wildman–Crippen LogP) is 2.40. The van der Waals surface area contributed by atoms with E-state index < -0.39 is 5.56 Å². The van der Waals surface area contributed by atoms with Crippen molar-refractivity contribution in [1.29, 1.82) is 0 Å². The van der Waals surface area contributed by atoms with Gasteiger partial charge in [-0.3, -0.25) is 14.4 Å². The minimum atomic E-state index is -0.436. The largest absolute Gasteiger partial charge is 0.341 e. The molecule has 1 aliphatic carbocycles. The number of pyridine rings is 1. The van der Waals surface area contributed by atoms with Crippen LogP contribution in [0.1, 0.15) is 66.9 Å². The van der Waals surface area contributed by atoms with Gasteiger partial charge in [-0.15, -0.1) is 12.4 Å². The number of amides is 1. The first-order chi connectivity index (χ1) is 11.5. The van der Waals surface area contributed by atoms with Crippen LogP contribution in [0.2, 0.25) is 0 Å². The quantitative estimate of drug-likeness (QED) is 0.815. The highest BCUT2D eigenvalue weighted by atomic mass is 35.5. The van der Waals surface area contributed by atoms with E-state index in [-0.39, 0.29) is 41.1 Å². The monoisotopic (exact) mass is 383 g/mol. The summed E-state index contributed by atoms with van der Waals surface area (Å²) in [6, 6.07) is 1.47. The molecule has 0 spiro atoms. The SMILES string of the molecule is CC(C)C(N)CCN(C)C(=O)c1cc2c([nH]c1=O)CC(C)(C)CC2=O.Cl. The number of aromatic amines is 1. The molecular formula is C19H30ClN3O3. The van der Waals surface area contributed by atoms with Gasteiger partial charge in [0.25, 0.3) is 11.5 Å². The van der Waals surface area contributed by atoms with Crippen LogP contribution in [0.5, 0.6) is 0 Å². The minimum absolute atomic E-state index is 0. The highest BCUT2D eigenvalue weighted by Crippen LogP contribution is 2.33. The second-order valence-electron chi connectivity index (χ2n) is 8.27. The maximum Gasteiger partial charge on any atom is 0.261 e. The van der Waals surface area contributed by atoms with E-state index >= 15 is 0 Å². The number of carbonyl (C=O) groups is 2. The number of Topliss-reactive ketones (excluding diaryl/α,β-unsaturated/α-hetero) is 1. The molecule has 0 aromatic carbocycles. The van der Waals surface area contributed by atoms with Crippen molar-refractivity contribution in [3.05, 3.63) is 33.2 Å². The molecule has 1 aromatic rings. The number of ketones is 1. The van der Waals surface area contributed by atoms with Gasteiger partial charge in [0.1, 0.15) is 5.56 Å². The molecule has 0 aliphatic heterocycles. The molecule has 0 fully saturated rings. The summed E-state index contributed by atoms with van der Waals surface area (Å²) in [6.07, 6.45) is 1.70. The van der Waals surface area contributed by atoms with Crippen molar-refractivity contribution in [3.8, 4) is 0 Å². The third kappa shape index (κ3) is 4.95. The third-order valence-corrected chi connectivity index (χ3v) is 4.95. The highest BCUT2D eigenvalue weighted by Gasteiger charge is 2.33. The molecule has 1 aromatic heterocycles. The third-order valence-electron chi connectivity index (χ3n) is 4.95. The molecule has 0 saturated carbocycles. The zero-order valence-electron chi connectivity index (χ0n) is 16.2. The first-order valence-electron chi connectivity index (χ1n) is 8.82. The fourth-order valence-corrected chi connectivity index (χ4v) is 3.17. The van der Waals surface area contributed by atoms with Crippen LogP contribution in [-0.4, -0.2) is 41.2 Å². The van der Waals surface area contributed by atoms with E-state index in [1.54, 1.807) is 7.05 Å². The molecule has 2 rings (SSSR count). The lowest BCUT2D eigenvalue weighted by molar-refractivity contribution is 0.0787. The second kappa shape index (κ2) is 8.35. The fourth-order valence-electron chi connectivity index (χ4n) is 3.17. The van der Waals surface area contributed by atoms with Gasteiger partial charge in [-0.25, -0.2) is 0 Å². The van der Waals surface area contributed by atoms with E-state index in [1.165, 1.54) is 11.0 Å². The molecule has 3 N–H and O–H groups in total. The summed E-state index contributed by atoms with van der Waals surface area (Å²) in [5.41, 5.74) is 6.52. The molecular weight excluding hydrogens is 354 g/mol. The lowest BCUT2D eigenvalue weighted by Gasteiger charge is -2.30. The van der Waals surface area contributed by atoms with Crippen LogP contribution >= 0.6 is 12.4 Å². The van der Waals surface area contributed by atoms with E-state index in [0.29, 0.717) is 43.0 Å². The van der Waals surface area contributed by atoms with Crippen molar-refractivity contribution in [3.63, 3.8) is 0 Å². The average molecular weight is 384 g/mol. The Morgan fingerprint density at radius 3 is 2.50 bits per heavy atom. The Bertz CT molecular complexity index is 740. The van der Waals surface area contributed by atoms with Gasteiger partial charge < -0.3 is 15.6 Å². The lowest BCUT2D eigenvalue weighted by atomic mass is 9.75. The van der Waals surface area contributed by atoms with E-state index in [4.69, 9.17) is 5.73 Å². The lowest BCUT2D eigenvalue weighted by Crippen LogP contribution is -2.38. The predicted molar refractivity (Wildman–Crippen MR) is 105 cm³/mol. The molecule has 0 radical (unpaired) electrons. The van der Waals surface area contributed by atoms with Crippen molar-refractivity contribution >= 4 is 24.1 Å². The number of aromatic nitrogens is 1. The van der Waals surface area contributed by atoms with Crippen LogP contribution in [0.15, 0.2) is 10.9 Å². The van der Waals surface area contributed by atoms with Crippen molar-refractivity contribution in [1.82, 2.24) is 9.88 Å². The minimum Gasteiger partial charge on any atom is -0.341 e. The first kappa shape index (κ1) is 22.4. The Morgan fingerprint density at radius 1 is 1.31 bits per heavy atom. The van der Waals surface area contributed by atoms with Crippen LogP contribution in [0.4, 0.5) is 0 Å². The molecule has 1 amide bonds. The molecule has 7 heteroatoms. The number of nitrogens with two attached hydrogens (primary N) is 1. The normalized spacial score (nSPS) is 16.7. The van der Waals surface area contributed by atoms with Gasteiger partial charge in [0.2, 0.25) is 0 Å². The zero-order valence-corrected chi connectivity index (χ0v) is 17.0. The average Bonchev–Trinajstić information content (AvgIpc) is 2.49. The number of rotatable bonds is 5. The number of nitrogens with zero attached hydrogens (tertiary/aromatic N) is 1. The standard InChI is InChI=1S/C19H29N3O3.ClH/c1-11(2)14(20)6-7-22(5)18(25)13-8-12-15(21-17(13)24)9-19(3,4)10-16(12)23;/h8,11,14H,6-7,9-10,20H2,1-5H3,(H,21,24);1H. The van der Waals surface area contributed by atoms with Crippen LogP contribution < -0.4 is 11.3 Å². The van der Waals surface area contributed by atoms with Crippen molar-refractivity contribution < 1.29 is 9.59 Å². The number of fused-ring (bicyclic) bond motifs is 1. The number of carbonyl (C=O) groups excluding carboxylic acids is 2. The Balaban J connectivity index is 0.00000338. The van der Waals surface area contributed by atoms with Gasteiger partial charge >= 0.3 is 0 Å². The van der Waals surface area contributed by atoms with Crippen molar-refractivity contribution in [2.75, 3.05) is 13.6 Å². The van der Waals surface area contributed by atoms with Crippen molar-refractivity contribution in [2.45, 2.75) is 53.0 Å². The Morgan fingerprint density at radius 2 is 1.92 bits per heavy atom. The molecule has 1 heterocycles. The van der Waals surface area contributed by atoms with Gasteiger partial charge in [0.05, 0.1) is 0 Å². The number of nitrogens with one attached hydrogen (secondary N) is 1. The Kier molecular flexibility index (Phi) is 7.19. The maximum atomic E-state index is 12.6. The number of hydrogen-bond acceptors (Lipinski definition) is 4. The van der Waals surface area contributed by atoms with Gasteiger partial charge in [-0.1, -0.05) is 27.7 Å². The summed E-state index contributed by atoms with van der Waals surface area (Å²) < 4.78 is 0. The smallest absolute Gasteiger partial charge is 0.261 e. The molecule has 1 aliphatic rings. The molecule has 0 saturated heterocycles. The second-order valence-corrected chi connectivity index (χ2v) is 8.27. The van der Waals surface area contributed by atoms with Gasteiger partial charge in [0, 0.05) is 37.3 Å². The summed E-state index contributed by atoms with van der Waals surface area (Å²) >= 11 is 0. The Labute approximate surface area is 160 Å². The van der Waals surface area contributed by atoms with Crippen LogP contribution in [0.3, 0.4) is 0 Å². The highest BCUT2D eigenvalue weighted by molar-refractivity contribution is 6.02. The topological polar surface area (TPSA) is 96.3 Å². The summed E-state index contributed by atoms with van der Waals surface area (Å²) in [6.45, 7) is 8.53. The first-order valence-corrected chi connectivity index (χ1v) is 8.82. The molecule has 1 unspecified atom stereocenters. The van der Waals surface area contributed by atoms with E-state index in [2.05, 4.69) is 4.98 Å². The van der Waals surface area contributed by atoms with Gasteiger partial charge in [-0.2, -0.15) is 0 Å². The molecule has 0 bridgehead atoms. The maximum absolute atomic E-state index is 12.6. The summed E-state index contributed by atoms with van der Waals surface area (Å²) in [5.74, 6) is -0.0738. The Hall–Kier alpha value is -1.66. The van der Waals surface area contributed by atoms with Crippen LogP contribution in [-0.2, 0) is 6.42 Å². The fraction of sp³-hybridized carbons (Fsp3) is 0.632. The van der Waals surface area contributed by atoms with Crippen molar-refractivity contribution in [2.24, 2.45) is 17.1 Å². The van der Waals surface area contributed by atoms with Gasteiger partial charge in [-0.05, 0) is 30.2 Å². The molecule has 146 valence electrons. The summed E-state index contributed by atoms with van der Waals surface area (Å²) in [5, 5.41) is 0. The molecule has 6 nitrogen and oxygen atoms in total. The number of hydrogen-bond donors (Lipinski definition) is 2. The van der Waals surface area contributed by atoms with E-state index in [0.717, 1.165) is 0 Å². The summed E-state index contributed by atoms with van der Waals surface area (Å²) in [7, 11) is 1.65. The van der Waals surface area contributed by atoms with Crippen LogP contribution in [0, 0.1) is 11.3 Å². The molecule has 26 heavy (non-hydrogen) atoms. The van der Waals surface area contributed by atoms with E-state index in [9.17, 15) is 14.4 Å². The number of halogens is 1. The van der Waals surface area contributed by atoms with Crippen LogP contribution in [0.25, 0.3) is 0 Å². The molecule has 1 atom stereocenters. The van der Waals surface area contributed by atoms with E-state index in [1.807, 2.05) is 27.7 Å². The number of H-pyrrole nitrogens is 1. The zero-order chi connectivity index (χ0) is 18.9. The summed E-state index contributed by atoms with van der Waals surface area (Å²) in [4.78, 5) is 41.6.